The standard InChI is InChI=1S/C23H29N3O3S/c1-16-24-18(15-30-16)14-25-10-7-17(8-11-25)23(27)26-9-3-5-20(26)19-4-2-6-21-22(19)29-13-12-28-21/h2,4,6,15,17,20H,3,5,7-14H2,1H3. The average molecular weight is 428 g/mol. The zero-order valence-corrected chi connectivity index (χ0v) is 18.3. The van der Waals surface area contributed by atoms with Crippen LogP contribution in [-0.4, -0.2) is 53.5 Å². The van der Waals surface area contributed by atoms with Crippen LogP contribution in [0.1, 0.15) is 48.0 Å². The number of fused-ring (bicyclic) bond motifs is 1. The first-order valence-corrected chi connectivity index (χ1v) is 11.9. The van der Waals surface area contributed by atoms with Crippen LogP contribution in [0.4, 0.5) is 0 Å². The van der Waals surface area contributed by atoms with E-state index < -0.39 is 0 Å². The average Bonchev–Trinajstić information content (AvgIpc) is 3.42. The number of carbonyl (C=O) groups excluding carboxylic acids is 1. The number of ether oxygens (including phenoxy) is 2. The predicted octanol–water partition coefficient (Wildman–Crippen LogP) is 3.80. The fraction of sp³-hybridized carbons (Fsp3) is 0.565. The van der Waals surface area contributed by atoms with Gasteiger partial charge in [-0.2, -0.15) is 0 Å². The van der Waals surface area contributed by atoms with Crippen molar-refractivity contribution in [2.45, 2.75) is 45.2 Å². The van der Waals surface area contributed by atoms with E-state index in [9.17, 15) is 4.79 Å². The van der Waals surface area contributed by atoms with Gasteiger partial charge in [0.05, 0.1) is 16.7 Å². The number of para-hydroxylation sites is 1. The van der Waals surface area contributed by atoms with E-state index in [0.717, 1.165) is 79.6 Å². The quantitative estimate of drug-likeness (QED) is 0.743. The third-order valence-corrected chi connectivity index (χ3v) is 7.30. The van der Waals surface area contributed by atoms with Gasteiger partial charge in [-0.1, -0.05) is 12.1 Å². The number of hydrogen-bond donors (Lipinski definition) is 0. The van der Waals surface area contributed by atoms with E-state index in [-0.39, 0.29) is 12.0 Å². The zero-order valence-electron chi connectivity index (χ0n) is 17.5. The monoisotopic (exact) mass is 427 g/mol. The highest BCUT2D eigenvalue weighted by Gasteiger charge is 2.37. The van der Waals surface area contributed by atoms with Gasteiger partial charge in [-0.3, -0.25) is 9.69 Å². The first kappa shape index (κ1) is 19.8. The topological polar surface area (TPSA) is 54.9 Å². The third-order valence-electron chi connectivity index (χ3n) is 6.48. The van der Waals surface area contributed by atoms with Crippen LogP contribution in [0, 0.1) is 12.8 Å². The number of carbonyl (C=O) groups is 1. The molecule has 2 saturated heterocycles. The Morgan fingerprint density at radius 1 is 1.17 bits per heavy atom. The van der Waals surface area contributed by atoms with E-state index in [2.05, 4.69) is 26.2 Å². The lowest BCUT2D eigenvalue weighted by Crippen LogP contribution is -2.42. The molecule has 0 radical (unpaired) electrons. The summed E-state index contributed by atoms with van der Waals surface area (Å²) in [6, 6.07) is 6.17. The van der Waals surface area contributed by atoms with Crippen molar-refractivity contribution in [2.24, 2.45) is 5.92 Å². The molecule has 3 aliphatic rings. The van der Waals surface area contributed by atoms with Crippen molar-refractivity contribution in [3.05, 3.63) is 39.8 Å². The predicted molar refractivity (Wildman–Crippen MR) is 116 cm³/mol. The molecule has 1 amide bonds. The van der Waals surface area contributed by atoms with Crippen molar-refractivity contribution in [2.75, 3.05) is 32.8 Å². The van der Waals surface area contributed by atoms with Crippen molar-refractivity contribution >= 4 is 17.2 Å². The highest BCUT2D eigenvalue weighted by Crippen LogP contribution is 2.43. The van der Waals surface area contributed by atoms with E-state index in [1.54, 1.807) is 11.3 Å². The maximum absolute atomic E-state index is 13.4. The number of aromatic nitrogens is 1. The smallest absolute Gasteiger partial charge is 0.226 e. The Bertz CT molecular complexity index is 907. The molecule has 0 spiro atoms. The molecule has 0 aliphatic carbocycles. The molecule has 1 unspecified atom stereocenters. The van der Waals surface area contributed by atoms with Crippen molar-refractivity contribution < 1.29 is 14.3 Å². The second-order valence-corrected chi connectivity index (χ2v) is 9.53. The highest BCUT2D eigenvalue weighted by atomic mass is 32.1. The summed E-state index contributed by atoms with van der Waals surface area (Å²) in [5.74, 6) is 2.08. The number of thiazole rings is 1. The number of likely N-dealkylation sites (tertiary alicyclic amines) is 2. The fourth-order valence-corrected chi connectivity index (χ4v) is 5.60. The Kier molecular flexibility index (Phi) is 5.65. The van der Waals surface area contributed by atoms with E-state index >= 15 is 0 Å². The zero-order chi connectivity index (χ0) is 20.5. The van der Waals surface area contributed by atoms with Crippen LogP contribution in [0.2, 0.25) is 0 Å². The maximum atomic E-state index is 13.4. The molecule has 0 N–H and O–H groups in total. The van der Waals surface area contributed by atoms with Gasteiger partial charge >= 0.3 is 0 Å². The van der Waals surface area contributed by atoms with Gasteiger partial charge in [-0.15, -0.1) is 11.3 Å². The molecule has 7 heteroatoms. The number of nitrogens with zero attached hydrogens (tertiary/aromatic N) is 3. The second-order valence-electron chi connectivity index (χ2n) is 8.47. The minimum atomic E-state index is 0.102. The van der Waals surface area contributed by atoms with Gasteiger partial charge in [0.1, 0.15) is 13.2 Å². The van der Waals surface area contributed by atoms with Crippen molar-refractivity contribution in [1.82, 2.24) is 14.8 Å². The first-order valence-electron chi connectivity index (χ1n) is 11.0. The van der Waals surface area contributed by atoms with Crippen molar-refractivity contribution in [3.63, 3.8) is 0 Å². The Balaban J connectivity index is 1.24. The van der Waals surface area contributed by atoms with E-state index in [4.69, 9.17) is 9.47 Å². The SMILES string of the molecule is Cc1nc(CN2CCC(C(=O)N3CCCC3c3cccc4c3OCCO4)CC2)cs1. The molecule has 4 heterocycles. The van der Waals surface area contributed by atoms with Crippen molar-refractivity contribution in [3.8, 4) is 11.5 Å². The van der Waals surface area contributed by atoms with E-state index in [1.165, 1.54) is 0 Å². The summed E-state index contributed by atoms with van der Waals surface area (Å²) in [6.45, 7) is 6.86. The molecular weight excluding hydrogens is 398 g/mol. The number of piperidine rings is 1. The van der Waals surface area contributed by atoms with Crippen LogP contribution in [0.5, 0.6) is 11.5 Å². The van der Waals surface area contributed by atoms with E-state index in [0.29, 0.717) is 19.1 Å². The van der Waals surface area contributed by atoms with Gasteiger partial charge in [-0.25, -0.2) is 4.98 Å². The van der Waals surface area contributed by atoms with Gasteiger partial charge in [0.25, 0.3) is 0 Å². The largest absolute Gasteiger partial charge is 0.486 e. The van der Waals surface area contributed by atoms with Gasteiger partial charge in [0, 0.05) is 30.0 Å². The molecule has 1 atom stereocenters. The minimum absolute atomic E-state index is 0.102. The van der Waals surface area contributed by atoms with Gasteiger partial charge < -0.3 is 14.4 Å². The number of amides is 1. The molecule has 2 fully saturated rings. The lowest BCUT2D eigenvalue weighted by molar-refractivity contribution is -0.138. The molecular formula is C23H29N3O3S. The van der Waals surface area contributed by atoms with Crippen LogP contribution in [0.15, 0.2) is 23.6 Å². The molecule has 0 bridgehead atoms. The van der Waals surface area contributed by atoms with Crippen LogP contribution >= 0.6 is 11.3 Å². The summed E-state index contributed by atoms with van der Waals surface area (Å²) in [6.07, 6.45) is 3.89. The minimum Gasteiger partial charge on any atom is -0.486 e. The van der Waals surface area contributed by atoms with Gasteiger partial charge in [-0.05, 0) is 51.8 Å². The summed E-state index contributed by atoms with van der Waals surface area (Å²) in [5, 5.41) is 3.26. The lowest BCUT2D eigenvalue weighted by atomic mass is 9.94. The Morgan fingerprint density at radius 3 is 2.80 bits per heavy atom. The number of rotatable bonds is 4. The summed E-state index contributed by atoms with van der Waals surface area (Å²) in [4.78, 5) is 22.6. The van der Waals surface area contributed by atoms with Crippen LogP contribution in [-0.2, 0) is 11.3 Å². The maximum Gasteiger partial charge on any atom is 0.226 e. The Morgan fingerprint density at radius 2 is 2.00 bits per heavy atom. The summed E-state index contributed by atoms with van der Waals surface area (Å²) in [7, 11) is 0. The number of hydrogen-bond acceptors (Lipinski definition) is 6. The summed E-state index contributed by atoms with van der Waals surface area (Å²) >= 11 is 1.71. The molecule has 5 rings (SSSR count). The fourth-order valence-electron chi connectivity index (χ4n) is 5.00. The number of benzene rings is 1. The van der Waals surface area contributed by atoms with Crippen LogP contribution in [0.25, 0.3) is 0 Å². The van der Waals surface area contributed by atoms with Crippen LogP contribution < -0.4 is 9.47 Å². The molecule has 30 heavy (non-hydrogen) atoms. The van der Waals surface area contributed by atoms with Crippen LogP contribution in [0.3, 0.4) is 0 Å². The molecule has 2 aromatic rings. The lowest BCUT2D eigenvalue weighted by Gasteiger charge is -2.35. The van der Waals surface area contributed by atoms with Gasteiger partial charge in [0.15, 0.2) is 11.5 Å². The summed E-state index contributed by atoms with van der Waals surface area (Å²) in [5.41, 5.74) is 2.26. The van der Waals surface area contributed by atoms with Gasteiger partial charge in [0.2, 0.25) is 5.91 Å². The highest BCUT2D eigenvalue weighted by molar-refractivity contribution is 7.09. The first-order chi connectivity index (χ1) is 14.7. The molecule has 1 aromatic heterocycles. The Hall–Kier alpha value is -2.12. The number of aryl methyl sites for hydroxylation is 1. The molecule has 1 aromatic carbocycles. The van der Waals surface area contributed by atoms with E-state index in [1.807, 2.05) is 19.1 Å². The molecule has 3 aliphatic heterocycles. The summed E-state index contributed by atoms with van der Waals surface area (Å²) < 4.78 is 11.7. The molecule has 160 valence electrons. The Labute approximate surface area is 181 Å². The third kappa shape index (κ3) is 3.93. The molecule has 0 saturated carbocycles. The molecule has 6 nitrogen and oxygen atoms in total. The second kappa shape index (κ2) is 8.55. The van der Waals surface area contributed by atoms with Crippen molar-refractivity contribution in [1.29, 1.82) is 0 Å². The normalized spacial score (nSPS) is 22.4.